The molecule has 0 radical (unpaired) electrons. The molecule has 0 unspecified atom stereocenters. The van der Waals surface area contributed by atoms with Gasteiger partial charge in [-0.3, -0.25) is 38.7 Å². The van der Waals surface area contributed by atoms with Gasteiger partial charge in [-0.1, -0.05) is 38.2 Å². The van der Waals surface area contributed by atoms with Crippen LogP contribution in [0.4, 0.5) is 0 Å². The molecule has 2 fully saturated rings. The summed E-state index contributed by atoms with van der Waals surface area (Å²) < 4.78 is 3.36. The van der Waals surface area contributed by atoms with Crippen molar-refractivity contribution in [2.24, 2.45) is 23.7 Å². The number of hydrogen-bond donors (Lipinski definition) is 4. The molecule has 2 saturated heterocycles. The van der Waals surface area contributed by atoms with E-state index in [0.717, 1.165) is 12.8 Å². The smallest absolute Gasteiger partial charge is 0.258 e. The van der Waals surface area contributed by atoms with Crippen molar-refractivity contribution in [2.45, 2.75) is 77.8 Å². The lowest BCUT2D eigenvalue weighted by molar-refractivity contribution is -0.127. The number of amides is 4. The van der Waals surface area contributed by atoms with Crippen LogP contribution < -0.4 is 21.8 Å². The van der Waals surface area contributed by atoms with E-state index in [-0.39, 0.29) is 59.8 Å². The molecule has 336 valence electrons. The average Bonchev–Trinajstić information content (AvgIpc) is 4.06. The summed E-state index contributed by atoms with van der Waals surface area (Å²) in [4.78, 5) is 90.9. The summed E-state index contributed by atoms with van der Waals surface area (Å²) in [6.45, 7) is 8.77. The molecule has 0 saturated carbocycles. The largest absolute Gasteiger partial charge is 0.396 e. The van der Waals surface area contributed by atoms with E-state index in [2.05, 4.69) is 20.6 Å². The number of aliphatic hydroxyl groups excluding tert-OH is 2. The summed E-state index contributed by atoms with van der Waals surface area (Å²) >= 11 is 0. The monoisotopic (exact) mass is 872 g/mol. The number of carbonyl (C=O) groups is 4. The Morgan fingerprint density at radius 1 is 0.656 bits per heavy atom. The Bertz CT molecular complexity index is 2360. The van der Waals surface area contributed by atoms with Crippen molar-refractivity contribution in [2.75, 3.05) is 26.3 Å². The molecule has 4 aromatic rings. The van der Waals surface area contributed by atoms with Gasteiger partial charge in [-0.2, -0.15) is 0 Å². The minimum Gasteiger partial charge on any atom is -0.396 e. The number of carbonyl (C=O) groups excluding carboxylic acids is 4. The minimum atomic E-state index is -0.826. The summed E-state index contributed by atoms with van der Waals surface area (Å²) in [6.07, 6.45) is 14.8. The normalized spacial score (nSPS) is 23.9. The number of nitrogens with one attached hydrogen (secondary N) is 2. The van der Waals surface area contributed by atoms with Crippen LogP contribution in [0.1, 0.15) is 95.9 Å². The Morgan fingerprint density at radius 2 is 1.06 bits per heavy atom. The highest BCUT2D eigenvalue weighted by Gasteiger charge is 2.59. The van der Waals surface area contributed by atoms with Crippen molar-refractivity contribution < 1.29 is 29.4 Å². The van der Waals surface area contributed by atoms with Gasteiger partial charge in [0.25, 0.3) is 22.9 Å². The number of allylic oxidation sites excluding steroid dienone is 2. The molecule has 4 aromatic heterocycles. The number of aliphatic hydroxyl groups is 2. The number of rotatable bonds is 12. The van der Waals surface area contributed by atoms with Crippen LogP contribution in [0.15, 0.2) is 95.1 Å². The number of hydrogen-bond acceptors (Lipinski definition) is 10. The van der Waals surface area contributed by atoms with Crippen LogP contribution in [0.2, 0.25) is 0 Å². The van der Waals surface area contributed by atoms with Crippen molar-refractivity contribution in [1.82, 2.24) is 39.5 Å². The van der Waals surface area contributed by atoms with E-state index in [0.29, 0.717) is 59.8 Å². The Morgan fingerprint density at radius 3 is 1.39 bits per heavy atom. The van der Waals surface area contributed by atoms with Crippen LogP contribution in [-0.2, 0) is 22.7 Å². The molecule has 4 N–H and O–H groups in total. The molecule has 0 spiro atoms. The molecule has 8 heterocycles. The number of pyridine rings is 4. The van der Waals surface area contributed by atoms with Gasteiger partial charge in [-0.25, -0.2) is 0 Å². The third-order valence-corrected chi connectivity index (χ3v) is 12.8. The second-order valence-corrected chi connectivity index (χ2v) is 16.5. The fourth-order valence-corrected chi connectivity index (χ4v) is 10.0. The zero-order chi connectivity index (χ0) is 45.7. The number of nitrogens with zero attached hydrogens (tertiary/aromatic N) is 6. The molecule has 4 aliphatic heterocycles. The molecule has 16 nitrogen and oxygen atoms in total. The lowest BCUT2D eigenvalue weighted by Gasteiger charge is -2.31. The first kappa shape index (κ1) is 45.5. The summed E-state index contributed by atoms with van der Waals surface area (Å²) in [5.74, 6) is -2.69. The van der Waals surface area contributed by atoms with E-state index in [1.807, 2.05) is 52.0 Å². The standard InChI is InChI=1S/2C24H28N4O4/c2*1-3-6-15-8-9-19-20-17(13-27(19)23(15)31)18(14-29)21(22(30)26-10-4-2)28(20)24(32)16-7-5-11-25-12-16/h2*3,5-9,11-12,17-18,20-21,29H,4,10,13-14H2,1-2H3,(H,26,30)/b6-3+;6-3-/t2*17-,18-,20+,21-/m11/s1. The SMILES string of the molecule is C/C=C/c1ccc2n(c1=O)C[C@@H]1[C@@H](CO)[C@H](C(=O)NCCC)N(C(=O)c3cccnc3)[C@H]21.C/C=C\c1ccc2n(c1=O)C[C@@H]1[C@@H](CO)[C@H](C(=O)NCCC)N(C(=O)c3cccnc3)[C@H]21. The summed E-state index contributed by atoms with van der Waals surface area (Å²) in [5, 5.41) is 26.3. The first-order valence-electron chi connectivity index (χ1n) is 22.0. The fraction of sp³-hybridized carbons (Fsp3) is 0.417. The predicted molar refractivity (Wildman–Crippen MR) is 239 cm³/mol. The average molecular weight is 873 g/mol. The number of likely N-dealkylation sites (tertiary alicyclic amines) is 2. The van der Waals surface area contributed by atoms with E-state index in [9.17, 15) is 39.0 Å². The van der Waals surface area contributed by atoms with E-state index in [4.69, 9.17) is 0 Å². The van der Waals surface area contributed by atoms with E-state index >= 15 is 0 Å². The fourth-order valence-electron chi connectivity index (χ4n) is 10.0. The summed E-state index contributed by atoms with van der Waals surface area (Å²) in [7, 11) is 0. The first-order chi connectivity index (χ1) is 31.1. The molecular formula is C48H56N8O8. The van der Waals surface area contributed by atoms with Crippen LogP contribution >= 0.6 is 0 Å². The number of fused-ring (bicyclic) bond motifs is 6. The topological polar surface area (TPSA) is 209 Å². The van der Waals surface area contributed by atoms with Gasteiger partial charge in [0.15, 0.2) is 0 Å². The molecule has 0 bridgehead atoms. The van der Waals surface area contributed by atoms with Gasteiger partial charge in [0, 0.05) is 110 Å². The van der Waals surface area contributed by atoms with E-state index < -0.39 is 36.0 Å². The van der Waals surface area contributed by atoms with E-state index in [1.54, 1.807) is 79.9 Å². The molecule has 4 amide bonds. The third-order valence-electron chi connectivity index (χ3n) is 12.8. The van der Waals surface area contributed by atoms with Crippen LogP contribution in [0.5, 0.6) is 0 Å². The molecular weight excluding hydrogens is 817 g/mol. The lowest BCUT2D eigenvalue weighted by Crippen LogP contribution is -2.50. The maximum atomic E-state index is 13.6. The van der Waals surface area contributed by atoms with E-state index in [1.165, 1.54) is 12.4 Å². The van der Waals surface area contributed by atoms with Gasteiger partial charge in [0.1, 0.15) is 12.1 Å². The van der Waals surface area contributed by atoms with Crippen molar-refractivity contribution >= 4 is 35.8 Å². The van der Waals surface area contributed by atoms with Crippen molar-refractivity contribution in [3.05, 3.63) is 140 Å². The van der Waals surface area contributed by atoms with Crippen LogP contribution in [0.25, 0.3) is 12.2 Å². The Labute approximate surface area is 371 Å². The quantitative estimate of drug-likeness (QED) is 0.164. The van der Waals surface area contributed by atoms with Crippen molar-refractivity contribution in [3.8, 4) is 0 Å². The molecule has 16 heteroatoms. The van der Waals surface area contributed by atoms with Crippen LogP contribution in [-0.4, -0.2) is 101 Å². The summed E-state index contributed by atoms with van der Waals surface area (Å²) in [5.41, 5.74) is 2.98. The van der Waals surface area contributed by atoms with Crippen molar-refractivity contribution in [1.29, 1.82) is 0 Å². The maximum absolute atomic E-state index is 13.6. The highest BCUT2D eigenvalue weighted by atomic mass is 16.3. The molecule has 4 aliphatic rings. The van der Waals surface area contributed by atoms with Crippen LogP contribution in [0, 0.1) is 23.7 Å². The Kier molecular flexibility index (Phi) is 14.1. The second-order valence-electron chi connectivity index (χ2n) is 16.5. The van der Waals surface area contributed by atoms with Gasteiger partial charge in [0.05, 0.1) is 23.2 Å². The number of aromatic nitrogens is 4. The summed E-state index contributed by atoms with van der Waals surface area (Å²) in [6, 6.07) is 11.3. The Hall–Kier alpha value is -6.52. The van der Waals surface area contributed by atoms with Gasteiger partial charge >= 0.3 is 0 Å². The predicted octanol–water partition coefficient (Wildman–Crippen LogP) is 3.21. The molecule has 64 heavy (non-hydrogen) atoms. The molecule has 8 atom stereocenters. The van der Waals surface area contributed by atoms with Crippen LogP contribution in [0.3, 0.4) is 0 Å². The molecule has 8 rings (SSSR count). The maximum Gasteiger partial charge on any atom is 0.258 e. The van der Waals surface area contributed by atoms with Gasteiger partial charge < -0.3 is 39.8 Å². The zero-order valence-electron chi connectivity index (χ0n) is 36.5. The highest BCUT2D eigenvalue weighted by Crippen LogP contribution is 2.51. The first-order valence-corrected chi connectivity index (χ1v) is 22.0. The lowest BCUT2D eigenvalue weighted by atomic mass is 9.88. The molecule has 0 aromatic carbocycles. The van der Waals surface area contributed by atoms with Crippen molar-refractivity contribution in [3.63, 3.8) is 0 Å². The van der Waals surface area contributed by atoms with Gasteiger partial charge in [0.2, 0.25) is 11.8 Å². The molecule has 0 aliphatic carbocycles. The zero-order valence-corrected chi connectivity index (χ0v) is 36.5. The third kappa shape index (κ3) is 8.23. The highest BCUT2D eigenvalue weighted by molar-refractivity contribution is 5.99. The minimum absolute atomic E-state index is 0.132. The Balaban J connectivity index is 0.000000191. The van der Waals surface area contributed by atoms with Gasteiger partial charge in [-0.05, 0) is 75.2 Å². The second kappa shape index (κ2) is 19.9. The van der Waals surface area contributed by atoms with Gasteiger partial charge in [-0.15, -0.1) is 0 Å².